The molecule has 0 radical (unpaired) electrons. The first kappa shape index (κ1) is 16.0. The molecule has 0 saturated heterocycles. The molecule has 20 heavy (non-hydrogen) atoms. The molecule has 1 N–H and O–H groups in total. The van der Waals surface area contributed by atoms with Crippen LogP contribution >= 0.6 is 15.9 Å². The second kappa shape index (κ2) is 8.15. The largest absolute Gasteiger partial charge is 0.383 e. The molecule has 1 saturated carbocycles. The van der Waals surface area contributed by atoms with Crippen LogP contribution in [0, 0.1) is 5.92 Å². The molecule has 0 spiro atoms. The quantitative estimate of drug-likeness (QED) is 0.737. The summed E-state index contributed by atoms with van der Waals surface area (Å²) in [4.78, 5) is 0. The van der Waals surface area contributed by atoms with Crippen molar-refractivity contribution in [3.8, 4) is 0 Å². The molecule has 1 aliphatic rings. The standard InChI is InChI=1S/C15H26BrN3O/c1-3-7-17-10-12-5-4-6-13(12)15-14(16)11-18-19(15)8-9-20-2/h11-13,17H,3-10H2,1-2H3. The Bertz CT molecular complexity index is 408. The van der Waals surface area contributed by atoms with E-state index in [2.05, 4.69) is 38.0 Å². The van der Waals surface area contributed by atoms with Gasteiger partial charge >= 0.3 is 0 Å². The van der Waals surface area contributed by atoms with Gasteiger partial charge in [0.25, 0.3) is 0 Å². The van der Waals surface area contributed by atoms with Gasteiger partial charge in [0, 0.05) is 13.0 Å². The summed E-state index contributed by atoms with van der Waals surface area (Å²) in [6.07, 6.45) is 7.05. The third-order valence-corrected chi connectivity index (χ3v) is 4.80. The minimum atomic E-state index is 0.619. The fourth-order valence-corrected chi connectivity index (χ4v) is 3.79. The molecule has 2 rings (SSSR count). The van der Waals surface area contributed by atoms with Crippen molar-refractivity contribution >= 4 is 15.9 Å². The van der Waals surface area contributed by atoms with Crippen LogP contribution in [0.3, 0.4) is 0 Å². The normalized spacial score (nSPS) is 22.6. The lowest BCUT2D eigenvalue weighted by Crippen LogP contribution is -2.26. The summed E-state index contributed by atoms with van der Waals surface area (Å²) < 4.78 is 8.47. The molecule has 0 amide bonds. The van der Waals surface area contributed by atoms with Crippen molar-refractivity contribution in [3.05, 3.63) is 16.4 Å². The molecule has 1 aromatic rings. The van der Waals surface area contributed by atoms with Crippen LogP contribution in [-0.4, -0.2) is 36.6 Å². The van der Waals surface area contributed by atoms with Gasteiger partial charge in [-0.15, -0.1) is 0 Å². The number of ether oxygens (including phenoxy) is 1. The van der Waals surface area contributed by atoms with E-state index < -0.39 is 0 Å². The van der Waals surface area contributed by atoms with Crippen molar-refractivity contribution in [2.75, 3.05) is 26.8 Å². The first-order chi connectivity index (χ1) is 9.77. The Morgan fingerprint density at radius 2 is 2.35 bits per heavy atom. The van der Waals surface area contributed by atoms with Gasteiger partial charge in [0.05, 0.1) is 29.5 Å². The summed E-state index contributed by atoms with van der Waals surface area (Å²) in [6.45, 7) is 6.01. The van der Waals surface area contributed by atoms with E-state index in [0.717, 1.165) is 30.0 Å². The highest BCUT2D eigenvalue weighted by Crippen LogP contribution is 2.41. The lowest BCUT2D eigenvalue weighted by molar-refractivity contribution is 0.181. The van der Waals surface area contributed by atoms with Crippen LogP contribution in [0.15, 0.2) is 10.7 Å². The van der Waals surface area contributed by atoms with Crippen LogP contribution in [0.1, 0.15) is 44.2 Å². The molecule has 2 unspecified atom stereocenters. The summed E-state index contributed by atoms with van der Waals surface area (Å²) in [6, 6.07) is 0. The Balaban J connectivity index is 2.06. The number of halogens is 1. The molecule has 1 aliphatic carbocycles. The maximum atomic E-state index is 5.19. The Morgan fingerprint density at radius 3 is 3.10 bits per heavy atom. The van der Waals surface area contributed by atoms with Crippen LogP contribution in [-0.2, 0) is 11.3 Å². The van der Waals surface area contributed by atoms with Crippen molar-refractivity contribution in [1.82, 2.24) is 15.1 Å². The van der Waals surface area contributed by atoms with E-state index in [1.54, 1.807) is 7.11 Å². The van der Waals surface area contributed by atoms with Crippen molar-refractivity contribution in [3.63, 3.8) is 0 Å². The van der Waals surface area contributed by atoms with Gasteiger partial charge < -0.3 is 10.1 Å². The molecular formula is C15H26BrN3O. The fraction of sp³-hybridized carbons (Fsp3) is 0.800. The second-order valence-corrected chi connectivity index (χ2v) is 6.45. The molecule has 4 nitrogen and oxygen atoms in total. The van der Waals surface area contributed by atoms with Crippen molar-refractivity contribution in [2.24, 2.45) is 5.92 Å². The van der Waals surface area contributed by atoms with Gasteiger partial charge in [-0.25, -0.2) is 0 Å². The Labute approximate surface area is 130 Å². The van der Waals surface area contributed by atoms with Gasteiger partial charge in [-0.1, -0.05) is 13.3 Å². The highest BCUT2D eigenvalue weighted by atomic mass is 79.9. The SMILES string of the molecule is CCCNCC1CCCC1c1c(Br)cnn1CCOC. The molecule has 5 heteroatoms. The van der Waals surface area contributed by atoms with E-state index in [0.29, 0.717) is 12.5 Å². The molecule has 1 fully saturated rings. The number of rotatable bonds is 8. The predicted octanol–water partition coefficient (Wildman–Crippen LogP) is 3.18. The molecule has 1 heterocycles. The average molecular weight is 344 g/mol. The third-order valence-electron chi connectivity index (χ3n) is 4.18. The van der Waals surface area contributed by atoms with Crippen molar-refractivity contribution in [1.29, 1.82) is 0 Å². The van der Waals surface area contributed by atoms with Gasteiger partial charge in [0.15, 0.2) is 0 Å². The summed E-state index contributed by atoms with van der Waals surface area (Å²) in [5.41, 5.74) is 1.36. The molecule has 2 atom stereocenters. The van der Waals surface area contributed by atoms with Crippen LogP contribution in [0.4, 0.5) is 0 Å². The third kappa shape index (κ3) is 3.83. The minimum Gasteiger partial charge on any atom is -0.383 e. The molecule has 114 valence electrons. The van der Waals surface area contributed by atoms with Gasteiger partial charge in [-0.05, 0) is 54.2 Å². The van der Waals surface area contributed by atoms with Gasteiger partial charge in [0.2, 0.25) is 0 Å². The van der Waals surface area contributed by atoms with E-state index in [1.807, 2.05) is 6.20 Å². The van der Waals surface area contributed by atoms with E-state index in [4.69, 9.17) is 4.74 Å². The lowest BCUT2D eigenvalue weighted by Gasteiger charge is -2.22. The van der Waals surface area contributed by atoms with Gasteiger partial charge in [-0.2, -0.15) is 5.10 Å². The predicted molar refractivity (Wildman–Crippen MR) is 85.0 cm³/mol. The molecule has 0 bridgehead atoms. The zero-order valence-corrected chi connectivity index (χ0v) is 14.2. The van der Waals surface area contributed by atoms with Crippen molar-refractivity contribution in [2.45, 2.75) is 45.1 Å². The first-order valence-electron chi connectivity index (χ1n) is 7.68. The van der Waals surface area contributed by atoms with E-state index >= 15 is 0 Å². The Hall–Kier alpha value is -0.390. The summed E-state index contributed by atoms with van der Waals surface area (Å²) >= 11 is 3.68. The highest BCUT2D eigenvalue weighted by molar-refractivity contribution is 9.10. The van der Waals surface area contributed by atoms with Gasteiger partial charge in [0.1, 0.15) is 0 Å². The number of hydrogen-bond acceptors (Lipinski definition) is 3. The van der Waals surface area contributed by atoms with Crippen LogP contribution < -0.4 is 5.32 Å². The van der Waals surface area contributed by atoms with E-state index in [9.17, 15) is 0 Å². The number of nitrogens with one attached hydrogen (secondary N) is 1. The number of nitrogens with zero attached hydrogens (tertiary/aromatic N) is 2. The second-order valence-electron chi connectivity index (χ2n) is 5.60. The number of methoxy groups -OCH3 is 1. The van der Waals surface area contributed by atoms with Crippen LogP contribution in [0.25, 0.3) is 0 Å². The highest BCUT2D eigenvalue weighted by Gasteiger charge is 2.32. The summed E-state index contributed by atoms with van der Waals surface area (Å²) in [5, 5.41) is 8.08. The molecule has 0 aliphatic heterocycles. The van der Waals surface area contributed by atoms with Crippen LogP contribution in [0.5, 0.6) is 0 Å². The monoisotopic (exact) mass is 343 g/mol. The zero-order chi connectivity index (χ0) is 14.4. The van der Waals surface area contributed by atoms with Crippen LogP contribution in [0.2, 0.25) is 0 Å². The maximum absolute atomic E-state index is 5.19. The smallest absolute Gasteiger partial charge is 0.0658 e. The molecule has 1 aromatic heterocycles. The minimum absolute atomic E-state index is 0.619. The first-order valence-corrected chi connectivity index (χ1v) is 8.48. The summed E-state index contributed by atoms with van der Waals surface area (Å²) in [7, 11) is 1.74. The van der Waals surface area contributed by atoms with Crippen molar-refractivity contribution < 1.29 is 4.74 Å². The molecule has 0 aromatic carbocycles. The van der Waals surface area contributed by atoms with E-state index in [-0.39, 0.29) is 0 Å². The molecular weight excluding hydrogens is 318 g/mol. The number of aromatic nitrogens is 2. The lowest BCUT2D eigenvalue weighted by atomic mass is 9.92. The van der Waals surface area contributed by atoms with Gasteiger partial charge in [-0.3, -0.25) is 4.68 Å². The average Bonchev–Trinajstić information content (AvgIpc) is 3.03. The fourth-order valence-electron chi connectivity index (χ4n) is 3.20. The Morgan fingerprint density at radius 1 is 1.50 bits per heavy atom. The number of hydrogen-bond donors (Lipinski definition) is 1. The topological polar surface area (TPSA) is 39.1 Å². The Kier molecular flexibility index (Phi) is 6.52. The zero-order valence-electron chi connectivity index (χ0n) is 12.6. The van der Waals surface area contributed by atoms with E-state index in [1.165, 1.54) is 31.4 Å². The summed E-state index contributed by atoms with van der Waals surface area (Å²) in [5.74, 6) is 1.35. The maximum Gasteiger partial charge on any atom is 0.0658 e.